The Balaban J connectivity index is 1.47. The van der Waals surface area contributed by atoms with Crippen LogP contribution in [0, 0.1) is 6.92 Å². The van der Waals surface area contributed by atoms with Crippen LogP contribution >= 0.6 is 0 Å². The number of para-hydroxylation sites is 1. The summed E-state index contributed by atoms with van der Waals surface area (Å²) >= 11 is 0. The fourth-order valence-electron chi connectivity index (χ4n) is 6.32. The van der Waals surface area contributed by atoms with Crippen molar-refractivity contribution in [2.75, 3.05) is 7.05 Å². The van der Waals surface area contributed by atoms with Gasteiger partial charge in [0.2, 0.25) is 0 Å². The van der Waals surface area contributed by atoms with Crippen LogP contribution in [0.15, 0.2) is 109 Å². The molecule has 34 heavy (non-hydrogen) atoms. The first kappa shape index (κ1) is 19.6. The van der Waals surface area contributed by atoms with E-state index in [4.69, 9.17) is 0 Å². The van der Waals surface area contributed by atoms with E-state index >= 15 is 0 Å². The fraction of sp³-hybridized carbons (Fsp3) is 0.125. The van der Waals surface area contributed by atoms with Crippen LogP contribution in [0.1, 0.15) is 24.2 Å². The standard InChI is InChI=1S/C32H27N2/c1-21-9-8-18-34(3)30-17-15-25(20-28(30)32(21)34)24-14-16-29-27(19-24)26-13-7-12-23-11-6-4-5-10-22(2)33(29)31(23)26/h4-20,32H,1-3H3/q+1. The van der Waals surface area contributed by atoms with Crippen LogP contribution in [0.4, 0.5) is 5.69 Å². The van der Waals surface area contributed by atoms with Gasteiger partial charge in [0.25, 0.3) is 0 Å². The summed E-state index contributed by atoms with van der Waals surface area (Å²) in [6, 6.07) is 31.8. The molecule has 2 nitrogen and oxygen atoms in total. The van der Waals surface area contributed by atoms with Gasteiger partial charge in [0.1, 0.15) is 11.9 Å². The minimum absolute atomic E-state index is 0.436. The molecule has 2 aromatic heterocycles. The molecular formula is C32H27N2+. The maximum Gasteiger partial charge on any atom is 0.151 e. The van der Waals surface area contributed by atoms with Crippen molar-refractivity contribution in [2.24, 2.45) is 0 Å². The minimum Gasteiger partial charge on any atom is -0.313 e. The highest BCUT2D eigenvalue weighted by Crippen LogP contribution is 2.54. The Hall–Kier alpha value is -3.88. The molecule has 0 fully saturated rings. The van der Waals surface area contributed by atoms with Crippen molar-refractivity contribution in [1.29, 1.82) is 0 Å². The second-order valence-electron chi connectivity index (χ2n) is 9.94. The first-order valence-corrected chi connectivity index (χ1v) is 12.0. The second kappa shape index (κ2) is 6.82. The molecule has 0 radical (unpaired) electrons. The van der Waals surface area contributed by atoms with Crippen molar-refractivity contribution in [1.82, 2.24) is 8.88 Å². The zero-order valence-corrected chi connectivity index (χ0v) is 19.8. The Labute approximate surface area is 199 Å². The number of benzene rings is 3. The van der Waals surface area contributed by atoms with Gasteiger partial charge >= 0.3 is 0 Å². The molecule has 2 heteroatoms. The molecule has 164 valence electrons. The molecule has 5 aromatic rings. The lowest BCUT2D eigenvalue weighted by molar-refractivity contribution is 0.311. The maximum absolute atomic E-state index is 2.42. The summed E-state index contributed by atoms with van der Waals surface area (Å²) < 4.78 is 3.30. The highest BCUT2D eigenvalue weighted by atomic mass is 15.4. The number of aryl methyl sites for hydroxylation is 1. The average molecular weight is 440 g/mol. The molecular weight excluding hydrogens is 412 g/mol. The zero-order chi connectivity index (χ0) is 23.0. The van der Waals surface area contributed by atoms with Crippen molar-refractivity contribution < 1.29 is 0 Å². The number of likely N-dealkylation sites (N-methyl/N-ethyl adjacent to an activating group) is 1. The predicted molar refractivity (Wildman–Crippen MR) is 145 cm³/mol. The van der Waals surface area contributed by atoms with E-state index in [1.807, 2.05) is 0 Å². The van der Waals surface area contributed by atoms with Crippen molar-refractivity contribution >= 4 is 32.9 Å². The molecule has 2 atom stereocenters. The van der Waals surface area contributed by atoms with Crippen LogP contribution in [-0.2, 0) is 0 Å². The number of allylic oxidation sites excluding steroid dienone is 2. The van der Waals surface area contributed by atoms with Gasteiger partial charge < -0.3 is 4.40 Å². The Kier molecular flexibility index (Phi) is 3.92. The van der Waals surface area contributed by atoms with Crippen LogP contribution in [0.2, 0.25) is 0 Å². The largest absolute Gasteiger partial charge is 0.313 e. The van der Waals surface area contributed by atoms with Gasteiger partial charge in [0.05, 0.1) is 23.6 Å². The highest BCUT2D eigenvalue weighted by molar-refractivity contribution is 6.14. The maximum atomic E-state index is 2.42. The molecule has 0 saturated carbocycles. The summed E-state index contributed by atoms with van der Waals surface area (Å²) in [5.74, 6) is 0. The molecule has 0 saturated heterocycles. The Bertz CT molecular complexity index is 1750. The first-order valence-electron chi connectivity index (χ1n) is 12.0. The van der Waals surface area contributed by atoms with Crippen LogP contribution in [0.3, 0.4) is 0 Å². The summed E-state index contributed by atoms with van der Waals surface area (Å²) in [4.78, 5) is 0. The van der Waals surface area contributed by atoms with E-state index < -0.39 is 0 Å². The lowest BCUT2D eigenvalue weighted by atomic mass is 9.82. The van der Waals surface area contributed by atoms with Gasteiger partial charge in [-0.3, -0.25) is 4.48 Å². The molecule has 0 N–H and O–H groups in total. The SMILES string of the molecule is CC1=CC=C[N+]2(C)c3ccc(-c4ccc5c(c4)c4cccc6cccccc(C)n5c64)cc3C12. The van der Waals surface area contributed by atoms with E-state index in [9.17, 15) is 0 Å². The first-order chi connectivity index (χ1) is 16.6. The van der Waals surface area contributed by atoms with Crippen LogP contribution in [0.5, 0.6) is 0 Å². The summed E-state index contributed by atoms with van der Waals surface area (Å²) in [6.45, 7) is 4.45. The summed E-state index contributed by atoms with van der Waals surface area (Å²) in [6.07, 6.45) is 6.76. The molecule has 0 bridgehead atoms. The van der Waals surface area contributed by atoms with E-state index in [2.05, 4.69) is 129 Å². The summed E-state index contributed by atoms with van der Waals surface area (Å²) in [5, 5.41) is 3.86. The van der Waals surface area contributed by atoms with E-state index in [1.54, 1.807) is 0 Å². The monoisotopic (exact) mass is 439 g/mol. The van der Waals surface area contributed by atoms with Crippen molar-refractivity contribution in [3.63, 3.8) is 0 Å². The molecule has 0 aliphatic carbocycles. The number of quaternary nitrogens is 1. The molecule has 0 amide bonds. The minimum atomic E-state index is 0.436. The topological polar surface area (TPSA) is 4.41 Å². The highest BCUT2D eigenvalue weighted by Gasteiger charge is 2.50. The third-order valence-corrected chi connectivity index (χ3v) is 7.90. The number of nitrogens with zero attached hydrogens (tertiary/aromatic N) is 2. The smallest absolute Gasteiger partial charge is 0.151 e. The van der Waals surface area contributed by atoms with Gasteiger partial charge in [-0.05, 0) is 72.3 Å². The van der Waals surface area contributed by atoms with Crippen LogP contribution in [0.25, 0.3) is 38.3 Å². The number of aromatic nitrogens is 1. The van der Waals surface area contributed by atoms with E-state index in [1.165, 1.54) is 60.8 Å². The molecule has 2 aliphatic rings. The molecule has 7 rings (SSSR count). The molecule has 2 unspecified atom stereocenters. The van der Waals surface area contributed by atoms with Gasteiger partial charge in [0, 0.05) is 22.5 Å². The predicted octanol–water partition coefficient (Wildman–Crippen LogP) is 8.25. The van der Waals surface area contributed by atoms with E-state index in [0.29, 0.717) is 6.04 Å². The lowest BCUT2D eigenvalue weighted by Crippen LogP contribution is -2.52. The fourth-order valence-corrected chi connectivity index (χ4v) is 6.32. The van der Waals surface area contributed by atoms with Gasteiger partial charge in [-0.1, -0.05) is 54.6 Å². The number of hydrogen-bond donors (Lipinski definition) is 0. The molecule has 4 heterocycles. The van der Waals surface area contributed by atoms with Crippen molar-refractivity contribution in [3.05, 3.63) is 120 Å². The number of rotatable bonds is 1. The molecule has 0 spiro atoms. The Morgan fingerprint density at radius 2 is 1.56 bits per heavy atom. The van der Waals surface area contributed by atoms with Gasteiger partial charge in [-0.2, -0.15) is 0 Å². The average Bonchev–Trinajstić information content (AvgIpc) is 3.20. The Morgan fingerprint density at radius 3 is 2.47 bits per heavy atom. The van der Waals surface area contributed by atoms with Gasteiger partial charge in [-0.25, -0.2) is 0 Å². The second-order valence-corrected chi connectivity index (χ2v) is 9.94. The zero-order valence-electron chi connectivity index (χ0n) is 19.8. The lowest BCUT2D eigenvalue weighted by Gasteiger charge is -2.49. The molecule has 3 aromatic carbocycles. The van der Waals surface area contributed by atoms with Crippen LogP contribution < -0.4 is 4.48 Å². The van der Waals surface area contributed by atoms with E-state index in [0.717, 1.165) is 4.48 Å². The van der Waals surface area contributed by atoms with Crippen molar-refractivity contribution in [3.8, 4) is 11.1 Å². The van der Waals surface area contributed by atoms with Gasteiger partial charge in [-0.15, -0.1) is 0 Å². The van der Waals surface area contributed by atoms with Crippen LogP contribution in [-0.4, -0.2) is 11.4 Å². The van der Waals surface area contributed by atoms with Gasteiger partial charge in [0.15, 0.2) is 6.04 Å². The summed E-state index contributed by atoms with van der Waals surface area (Å²) in [7, 11) is 2.31. The van der Waals surface area contributed by atoms with Crippen molar-refractivity contribution in [2.45, 2.75) is 19.9 Å². The normalized spacial score (nSPS) is 20.7. The third-order valence-electron chi connectivity index (χ3n) is 7.90. The number of hydrogen-bond acceptors (Lipinski definition) is 0. The quantitative estimate of drug-likeness (QED) is 0.232. The summed E-state index contributed by atoms with van der Waals surface area (Å²) in [5.41, 5.74) is 10.6. The third kappa shape index (κ3) is 2.49. The number of fused-ring (bicyclic) bond motifs is 7. The Morgan fingerprint density at radius 1 is 0.765 bits per heavy atom. The van der Waals surface area contributed by atoms with E-state index in [-0.39, 0.29) is 0 Å². The molecule has 2 aliphatic heterocycles.